The van der Waals surface area contributed by atoms with E-state index in [0.717, 1.165) is 24.8 Å². The summed E-state index contributed by atoms with van der Waals surface area (Å²) in [5.74, 6) is -0.707. The molecule has 4 heteroatoms. The Labute approximate surface area is 118 Å². The number of ether oxygens (including phenoxy) is 2. The third kappa shape index (κ3) is 2.67. The number of rotatable bonds is 4. The Kier molecular flexibility index (Phi) is 4.54. The van der Waals surface area contributed by atoms with E-state index >= 15 is 0 Å². The molecule has 1 aromatic rings. The van der Waals surface area contributed by atoms with E-state index in [1.165, 1.54) is 0 Å². The molecule has 2 nitrogen and oxygen atoms in total. The lowest BCUT2D eigenvalue weighted by atomic mass is 10.0. The van der Waals surface area contributed by atoms with E-state index in [1.54, 1.807) is 6.07 Å². The number of hydrogen-bond donors (Lipinski definition) is 0. The highest BCUT2D eigenvalue weighted by Crippen LogP contribution is 2.42. The molecule has 0 aromatic heterocycles. The predicted molar refractivity (Wildman–Crippen MR) is 74.2 cm³/mol. The van der Waals surface area contributed by atoms with Crippen LogP contribution in [-0.4, -0.2) is 12.7 Å². The molecular formula is C14H18Cl2O2. The number of benzene rings is 1. The molecule has 1 fully saturated rings. The van der Waals surface area contributed by atoms with E-state index in [9.17, 15) is 0 Å². The fourth-order valence-corrected chi connectivity index (χ4v) is 2.90. The van der Waals surface area contributed by atoms with Crippen LogP contribution < -0.4 is 0 Å². The summed E-state index contributed by atoms with van der Waals surface area (Å²) in [5.41, 5.74) is 0.870. The van der Waals surface area contributed by atoms with Gasteiger partial charge in [-0.25, -0.2) is 0 Å². The molecule has 0 spiro atoms. The highest BCUT2D eigenvalue weighted by molar-refractivity contribution is 6.35. The molecule has 2 atom stereocenters. The van der Waals surface area contributed by atoms with Gasteiger partial charge in [-0.3, -0.25) is 0 Å². The van der Waals surface area contributed by atoms with Crippen molar-refractivity contribution >= 4 is 23.2 Å². The second-order valence-electron chi connectivity index (χ2n) is 4.57. The lowest BCUT2D eigenvalue weighted by Crippen LogP contribution is -2.27. The molecule has 100 valence electrons. The van der Waals surface area contributed by atoms with Gasteiger partial charge in [-0.1, -0.05) is 49.5 Å². The van der Waals surface area contributed by atoms with Gasteiger partial charge in [-0.2, -0.15) is 0 Å². The van der Waals surface area contributed by atoms with Gasteiger partial charge in [0.1, 0.15) is 0 Å². The van der Waals surface area contributed by atoms with Crippen molar-refractivity contribution in [3.63, 3.8) is 0 Å². The molecular weight excluding hydrogens is 271 g/mol. The van der Waals surface area contributed by atoms with Gasteiger partial charge in [0.2, 0.25) is 0 Å². The van der Waals surface area contributed by atoms with Crippen LogP contribution in [0.4, 0.5) is 0 Å². The third-order valence-corrected chi connectivity index (χ3v) is 3.82. The van der Waals surface area contributed by atoms with Crippen LogP contribution in [0, 0.1) is 0 Å². The lowest BCUT2D eigenvalue weighted by Gasteiger charge is -2.28. The fraction of sp³-hybridized carbons (Fsp3) is 0.571. The summed E-state index contributed by atoms with van der Waals surface area (Å²) in [6.45, 7) is 4.81. The largest absolute Gasteiger partial charge is 0.343 e. The van der Waals surface area contributed by atoms with E-state index in [0.29, 0.717) is 16.7 Å². The van der Waals surface area contributed by atoms with Crippen LogP contribution in [-0.2, 0) is 15.3 Å². The summed E-state index contributed by atoms with van der Waals surface area (Å²) < 4.78 is 12.0. The SMILES string of the molecule is CCCC1COC(CC)(c2ccc(Cl)cc2Cl)O1. The lowest BCUT2D eigenvalue weighted by molar-refractivity contribution is -0.179. The van der Waals surface area contributed by atoms with Gasteiger partial charge in [0, 0.05) is 17.0 Å². The quantitative estimate of drug-likeness (QED) is 0.794. The summed E-state index contributed by atoms with van der Waals surface area (Å²) in [6, 6.07) is 5.44. The van der Waals surface area contributed by atoms with Crippen molar-refractivity contribution in [1.29, 1.82) is 0 Å². The number of hydrogen-bond acceptors (Lipinski definition) is 2. The maximum atomic E-state index is 6.26. The molecule has 1 aromatic carbocycles. The van der Waals surface area contributed by atoms with Gasteiger partial charge in [-0.15, -0.1) is 0 Å². The van der Waals surface area contributed by atoms with Crippen molar-refractivity contribution in [3.8, 4) is 0 Å². The molecule has 2 rings (SSSR count). The Bertz CT molecular complexity index is 422. The van der Waals surface area contributed by atoms with Crippen LogP contribution in [0.3, 0.4) is 0 Å². The monoisotopic (exact) mass is 288 g/mol. The first-order valence-electron chi connectivity index (χ1n) is 6.38. The molecule has 0 bridgehead atoms. The summed E-state index contributed by atoms with van der Waals surface area (Å²) in [5, 5.41) is 1.22. The summed E-state index contributed by atoms with van der Waals surface area (Å²) in [7, 11) is 0. The first-order chi connectivity index (χ1) is 8.61. The van der Waals surface area contributed by atoms with Crippen molar-refractivity contribution in [3.05, 3.63) is 33.8 Å². The molecule has 0 aliphatic carbocycles. The Hall–Kier alpha value is -0.280. The minimum absolute atomic E-state index is 0.154. The van der Waals surface area contributed by atoms with Crippen LogP contribution in [0.25, 0.3) is 0 Å². The highest BCUT2D eigenvalue weighted by Gasteiger charge is 2.42. The molecule has 1 aliphatic rings. The zero-order valence-electron chi connectivity index (χ0n) is 10.7. The topological polar surface area (TPSA) is 18.5 Å². The van der Waals surface area contributed by atoms with Gasteiger partial charge < -0.3 is 9.47 Å². The zero-order chi connectivity index (χ0) is 13.2. The van der Waals surface area contributed by atoms with E-state index < -0.39 is 5.79 Å². The first kappa shape index (κ1) is 14.1. The molecule has 0 radical (unpaired) electrons. The van der Waals surface area contributed by atoms with E-state index in [1.807, 2.05) is 19.1 Å². The summed E-state index contributed by atoms with van der Waals surface area (Å²) in [6.07, 6.45) is 2.98. The second-order valence-corrected chi connectivity index (χ2v) is 5.41. The maximum absolute atomic E-state index is 6.26. The Morgan fingerprint density at radius 3 is 2.72 bits per heavy atom. The average molecular weight is 289 g/mol. The maximum Gasteiger partial charge on any atom is 0.196 e. The number of halogens is 2. The van der Waals surface area contributed by atoms with Gasteiger partial charge in [0.25, 0.3) is 0 Å². The van der Waals surface area contributed by atoms with Crippen LogP contribution in [0.15, 0.2) is 18.2 Å². The van der Waals surface area contributed by atoms with E-state index in [-0.39, 0.29) is 6.10 Å². The van der Waals surface area contributed by atoms with Crippen molar-refractivity contribution < 1.29 is 9.47 Å². The summed E-state index contributed by atoms with van der Waals surface area (Å²) >= 11 is 12.2. The van der Waals surface area contributed by atoms with Gasteiger partial charge in [0.05, 0.1) is 17.7 Å². The molecule has 1 saturated heterocycles. The van der Waals surface area contributed by atoms with Gasteiger partial charge in [0.15, 0.2) is 5.79 Å². The van der Waals surface area contributed by atoms with Crippen LogP contribution >= 0.6 is 23.2 Å². The van der Waals surface area contributed by atoms with Crippen molar-refractivity contribution in [2.45, 2.75) is 45.0 Å². The Morgan fingerprint density at radius 2 is 2.11 bits per heavy atom. The first-order valence-corrected chi connectivity index (χ1v) is 7.14. The van der Waals surface area contributed by atoms with Gasteiger partial charge in [-0.05, 0) is 18.6 Å². The smallest absolute Gasteiger partial charge is 0.196 e. The normalized spacial score (nSPS) is 27.7. The van der Waals surface area contributed by atoms with Crippen molar-refractivity contribution in [1.82, 2.24) is 0 Å². The molecule has 0 N–H and O–H groups in total. The minimum atomic E-state index is -0.707. The molecule has 18 heavy (non-hydrogen) atoms. The van der Waals surface area contributed by atoms with Crippen molar-refractivity contribution in [2.24, 2.45) is 0 Å². The Balaban J connectivity index is 2.28. The standard InChI is InChI=1S/C14H18Cl2O2/c1-3-5-11-9-17-14(4-2,18-11)12-7-6-10(15)8-13(12)16/h6-8,11H,3-5,9H2,1-2H3. The fourth-order valence-electron chi connectivity index (χ4n) is 2.34. The minimum Gasteiger partial charge on any atom is -0.343 e. The summed E-state index contributed by atoms with van der Waals surface area (Å²) in [4.78, 5) is 0. The average Bonchev–Trinajstić information content (AvgIpc) is 2.74. The Morgan fingerprint density at radius 1 is 1.33 bits per heavy atom. The van der Waals surface area contributed by atoms with Crippen LogP contribution in [0.1, 0.15) is 38.7 Å². The molecule has 2 unspecified atom stereocenters. The third-order valence-electron chi connectivity index (χ3n) is 3.28. The van der Waals surface area contributed by atoms with Gasteiger partial charge >= 0.3 is 0 Å². The molecule has 1 heterocycles. The van der Waals surface area contributed by atoms with Crippen molar-refractivity contribution in [2.75, 3.05) is 6.61 Å². The molecule has 0 saturated carbocycles. The highest BCUT2D eigenvalue weighted by atomic mass is 35.5. The van der Waals surface area contributed by atoms with E-state index in [4.69, 9.17) is 32.7 Å². The second kappa shape index (κ2) is 5.79. The predicted octanol–water partition coefficient (Wildman–Crippen LogP) is 4.77. The van der Waals surface area contributed by atoms with E-state index in [2.05, 4.69) is 6.92 Å². The zero-order valence-corrected chi connectivity index (χ0v) is 12.2. The van der Waals surface area contributed by atoms with Crippen LogP contribution in [0.5, 0.6) is 0 Å². The van der Waals surface area contributed by atoms with Crippen LogP contribution in [0.2, 0.25) is 10.0 Å². The molecule has 1 aliphatic heterocycles. The molecule has 0 amide bonds.